The van der Waals surface area contributed by atoms with Crippen molar-refractivity contribution < 1.29 is 0 Å². The second kappa shape index (κ2) is 11.1. The van der Waals surface area contributed by atoms with E-state index in [1.54, 1.807) is 11.3 Å². The summed E-state index contributed by atoms with van der Waals surface area (Å²) in [5.74, 6) is 2.67. The average molecular weight is 541 g/mol. The molecule has 0 spiro atoms. The number of guanidine groups is 1. The number of unbranched alkanes of at least 4 members (excludes halogenated alkanes) is 1. The minimum Gasteiger partial charge on any atom is -0.356 e. The number of halogens is 2. The van der Waals surface area contributed by atoms with E-state index in [0.29, 0.717) is 6.54 Å². The topological polar surface area (TPSA) is 58.3 Å². The molecule has 0 aromatic carbocycles. The molecule has 0 aliphatic rings. The van der Waals surface area contributed by atoms with Gasteiger partial charge in [0.2, 0.25) is 0 Å². The van der Waals surface area contributed by atoms with E-state index in [1.807, 2.05) is 18.5 Å². The summed E-state index contributed by atoms with van der Waals surface area (Å²) in [5.41, 5.74) is 0. The largest absolute Gasteiger partial charge is 0.356 e. The Morgan fingerprint density at radius 2 is 2.16 bits per heavy atom. The quantitative estimate of drug-likeness (QED) is 0.250. The summed E-state index contributed by atoms with van der Waals surface area (Å²) < 4.78 is 3.13. The smallest absolute Gasteiger partial charge is 0.194 e. The van der Waals surface area contributed by atoms with E-state index in [1.165, 1.54) is 4.88 Å². The van der Waals surface area contributed by atoms with E-state index < -0.39 is 0 Å². The molecule has 0 radical (unpaired) electrons. The molecule has 9 heteroatoms. The van der Waals surface area contributed by atoms with Gasteiger partial charge >= 0.3 is 0 Å². The lowest BCUT2D eigenvalue weighted by Gasteiger charge is -2.22. The predicted molar refractivity (Wildman–Crippen MR) is 119 cm³/mol. The molecule has 0 unspecified atom stereocenters. The van der Waals surface area contributed by atoms with Crippen LogP contribution >= 0.6 is 51.2 Å². The zero-order valence-corrected chi connectivity index (χ0v) is 19.9. The Morgan fingerprint density at radius 1 is 1.40 bits per heavy atom. The van der Waals surface area contributed by atoms with Crippen LogP contribution in [0.25, 0.3) is 0 Å². The summed E-state index contributed by atoms with van der Waals surface area (Å²) in [7, 11) is 4.03. The molecule has 25 heavy (non-hydrogen) atoms. The number of aromatic nitrogens is 3. The maximum atomic E-state index is 4.74. The molecule has 0 aliphatic heterocycles. The molecular formula is C16H26BrIN6S. The standard InChI is InChI=1S/C16H25BrN6S.HI/c1-5-6-9-18-16(19-10-15-21-20-12(2)23(15)4)22(3)11-13-7-8-14(17)24-13;/h7-8H,5-6,9-11H2,1-4H3,(H,18,19);1H. The highest BCUT2D eigenvalue weighted by atomic mass is 127. The zero-order valence-electron chi connectivity index (χ0n) is 15.1. The lowest BCUT2D eigenvalue weighted by Crippen LogP contribution is -2.39. The summed E-state index contributed by atoms with van der Waals surface area (Å²) >= 11 is 5.27. The van der Waals surface area contributed by atoms with E-state index in [-0.39, 0.29) is 24.0 Å². The maximum absolute atomic E-state index is 4.74. The summed E-state index contributed by atoms with van der Waals surface area (Å²) in [5, 5.41) is 11.7. The van der Waals surface area contributed by atoms with Crippen molar-refractivity contribution in [1.29, 1.82) is 0 Å². The van der Waals surface area contributed by atoms with Gasteiger partial charge < -0.3 is 14.8 Å². The van der Waals surface area contributed by atoms with Crippen LogP contribution in [0.2, 0.25) is 0 Å². The maximum Gasteiger partial charge on any atom is 0.194 e. The first-order chi connectivity index (χ1) is 11.5. The number of rotatable bonds is 7. The van der Waals surface area contributed by atoms with Crippen molar-refractivity contribution in [1.82, 2.24) is 25.0 Å². The van der Waals surface area contributed by atoms with Crippen LogP contribution in [-0.4, -0.2) is 39.2 Å². The molecule has 1 N–H and O–H groups in total. The van der Waals surface area contributed by atoms with Gasteiger partial charge in [-0.15, -0.1) is 45.5 Å². The van der Waals surface area contributed by atoms with Gasteiger partial charge in [-0.3, -0.25) is 0 Å². The molecule has 0 fully saturated rings. The summed E-state index contributed by atoms with van der Waals surface area (Å²) in [6.07, 6.45) is 2.28. The SMILES string of the molecule is CCCCNC(=NCc1nnc(C)n1C)N(C)Cc1ccc(Br)s1.I. The normalized spacial score (nSPS) is 11.3. The van der Waals surface area contributed by atoms with Crippen LogP contribution in [0.5, 0.6) is 0 Å². The van der Waals surface area contributed by atoms with Crippen LogP contribution in [0.15, 0.2) is 20.9 Å². The van der Waals surface area contributed by atoms with Crippen LogP contribution in [0.4, 0.5) is 0 Å². The summed E-state index contributed by atoms with van der Waals surface area (Å²) in [6.45, 7) is 6.40. The summed E-state index contributed by atoms with van der Waals surface area (Å²) in [4.78, 5) is 8.19. The number of hydrogen-bond acceptors (Lipinski definition) is 4. The predicted octanol–water partition coefficient (Wildman–Crippen LogP) is 3.94. The van der Waals surface area contributed by atoms with Crippen LogP contribution in [0, 0.1) is 6.92 Å². The number of aryl methyl sites for hydroxylation is 1. The lowest BCUT2D eigenvalue weighted by molar-refractivity contribution is 0.477. The van der Waals surface area contributed by atoms with Crippen LogP contribution in [0.1, 0.15) is 36.3 Å². The number of nitrogens with one attached hydrogen (secondary N) is 1. The lowest BCUT2D eigenvalue weighted by atomic mass is 10.3. The fourth-order valence-electron chi connectivity index (χ4n) is 2.17. The van der Waals surface area contributed by atoms with Gasteiger partial charge in [-0.25, -0.2) is 4.99 Å². The van der Waals surface area contributed by atoms with Crippen LogP contribution in [-0.2, 0) is 20.1 Å². The van der Waals surface area contributed by atoms with E-state index in [9.17, 15) is 0 Å². The summed E-state index contributed by atoms with van der Waals surface area (Å²) in [6, 6.07) is 4.22. The van der Waals surface area contributed by atoms with Gasteiger partial charge in [0.05, 0.1) is 10.3 Å². The molecule has 0 saturated heterocycles. The highest BCUT2D eigenvalue weighted by Gasteiger charge is 2.10. The minimum absolute atomic E-state index is 0. The van der Waals surface area contributed by atoms with E-state index in [0.717, 1.165) is 47.3 Å². The fraction of sp³-hybridized carbons (Fsp3) is 0.562. The highest BCUT2D eigenvalue weighted by Crippen LogP contribution is 2.23. The first-order valence-corrected chi connectivity index (χ1v) is 9.70. The first-order valence-electron chi connectivity index (χ1n) is 8.09. The minimum atomic E-state index is 0. The average Bonchev–Trinajstić information content (AvgIpc) is 3.10. The van der Waals surface area contributed by atoms with E-state index >= 15 is 0 Å². The van der Waals surface area contributed by atoms with Gasteiger partial charge in [0, 0.05) is 25.5 Å². The van der Waals surface area contributed by atoms with Crippen molar-refractivity contribution >= 4 is 57.2 Å². The van der Waals surface area contributed by atoms with Gasteiger partial charge in [-0.05, 0) is 41.4 Å². The third kappa shape index (κ3) is 6.86. The van der Waals surface area contributed by atoms with Gasteiger partial charge in [-0.2, -0.15) is 0 Å². The first kappa shape index (κ1) is 22.4. The molecule has 0 aliphatic carbocycles. The molecule has 0 atom stereocenters. The fourth-order valence-corrected chi connectivity index (χ4v) is 3.70. The number of thiophene rings is 1. The molecule has 2 aromatic heterocycles. The van der Waals surface area contributed by atoms with E-state index in [4.69, 9.17) is 4.99 Å². The monoisotopic (exact) mass is 540 g/mol. The Labute approximate surface area is 179 Å². The third-order valence-electron chi connectivity index (χ3n) is 3.75. The Balaban J connectivity index is 0.00000312. The molecule has 0 bridgehead atoms. The van der Waals surface area contributed by atoms with Crippen LogP contribution in [0.3, 0.4) is 0 Å². The molecular weight excluding hydrogens is 515 g/mol. The number of nitrogens with zero attached hydrogens (tertiary/aromatic N) is 5. The molecule has 2 rings (SSSR count). The van der Waals surface area contributed by atoms with Crippen molar-refractivity contribution in [3.8, 4) is 0 Å². The Bertz CT molecular complexity index is 684. The van der Waals surface area contributed by atoms with Crippen molar-refractivity contribution in [3.05, 3.63) is 32.4 Å². The van der Waals surface area contributed by atoms with Crippen molar-refractivity contribution in [2.75, 3.05) is 13.6 Å². The van der Waals surface area contributed by atoms with Gasteiger partial charge in [0.25, 0.3) is 0 Å². The highest BCUT2D eigenvalue weighted by molar-refractivity contribution is 14.0. The molecule has 0 amide bonds. The molecule has 2 aromatic rings. The Kier molecular flexibility index (Phi) is 9.95. The van der Waals surface area contributed by atoms with Gasteiger partial charge in [-0.1, -0.05) is 13.3 Å². The van der Waals surface area contributed by atoms with Crippen molar-refractivity contribution in [2.45, 2.75) is 39.8 Å². The number of hydrogen-bond donors (Lipinski definition) is 1. The molecule has 6 nitrogen and oxygen atoms in total. The van der Waals surface area contributed by atoms with E-state index in [2.05, 4.69) is 62.4 Å². The van der Waals surface area contributed by atoms with Crippen molar-refractivity contribution in [3.63, 3.8) is 0 Å². The van der Waals surface area contributed by atoms with Crippen molar-refractivity contribution in [2.24, 2.45) is 12.0 Å². The Morgan fingerprint density at radius 3 is 2.72 bits per heavy atom. The molecule has 140 valence electrons. The second-order valence-corrected chi connectivity index (χ2v) is 8.25. The van der Waals surface area contributed by atoms with Gasteiger partial charge in [0.15, 0.2) is 11.8 Å². The molecule has 0 saturated carbocycles. The molecule has 2 heterocycles. The second-order valence-electron chi connectivity index (χ2n) is 5.70. The zero-order chi connectivity index (χ0) is 17.5. The van der Waals surface area contributed by atoms with Gasteiger partial charge in [0.1, 0.15) is 12.4 Å². The Hall–Kier alpha value is -0.680. The van der Waals surface area contributed by atoms with Crippen LogP contribution < -0.4 is 5.32 Å². The number of aliphatic imine (C=N–C) groups is 1. The third-order valence-corrected chi connectivity index (χ3v) is 5.36.